The number of nitrogens with zero attached hydrogens (tertiary/aromatic N) is 1. The molecule has 0 bridgehead atoms. The van der Waals surface area contributed by atoms with Crippen LogP contribution in [0, 0.1) is 19.8 Å². The van der Waals surface area contributed by atoms with Crippen molar-refractivity contribution in [2.45, 2.75) is 46.7 Å². The van der Waals surface area contributed by atoms with Gasteiger partial charge in [-0.1, -0.05) is 43.2 Å². The smallest absolute Gasteiger partial charge is 0.0470 e. The summed E-state index contributed by atoms with van der Waals surface area (Å²) in [5.74, 6) is 0.634. The molecule has 18 heavy (non-hydrogen) atoms. The molecule has 2 atom stereocenters. The van der Waals surface area contributed by atoms with Crippen LogP contribution >= 0.6 is 0 Å². The monoisotopic (exact) mass is 248 g/mol. The summed E-state index contributed by atoms with van der Waals surface area (Å²) in [5.41, 5.74) is 9.97. The maximum Gasteiger partial charge on any atom is 0.0470 e. The van der Waals surface area contributed by atoms with Crippen LogP contribution < -0.4 is 5.73 Å². The molecular formula is C16H28N2. The highest BCUT2D eigenvalue weighted by molar-refractivity contribution is 5.31. The Hall–Kier alpha value is -0.860. The van der Waals surface area contributed by atoms with Crippen LogP contribution in [0.3, 0.4) is 0 Å². The predicted molar refractivity (Wildman–Crippen MR) is 79.8 cm³/mol. The second-order valence-electron chi connectivity index (χ2n) is 5.82. The van der Waals surface area contributed by atoms with Gasteiger partial charge in [0.25, 0.3) is 0 Å². The van der Waals surface area contributed by atoms with Crippen LogP contribution in [-0.4, -0.2) is 24.5 Å². The van der Waals surface area contributed by atoms with Crippen molar-refractivity contribution in [2.24, 2.45) is 11.7 Å². The Morgan fingerprint density at radius 1 is 1.06 bits per heavy atom. The number of hydrogen-bond acceptors (Lipinski definition) is 2. The van der Waals surface area contributed by atoms with Crippen molar-refractivity contribution >= 4 is 0 Å². The third kappa shape index (κ3) is 3.56. The molecular weight excluding hydrogens is 220 g/mol. The summed E-state index contributed by atoms with van der Waals surface area (Å²) in [7, 11) is 2.18. The SMILES string of the molecule is Cc1cc(C)cc(C(CN)N(C)C(C)C(C)C)c1. The Kier molecular flexibility index (Phi) is 5.36. The molecule has 2 nitrogen and oxygen atoms in total. The summed E-state index contributed by atoms with van der Waals surface area (Å²) in [6.07, 6.45) is 0. The highest BCUT2D eigenvalue weighted by atomic mass is 15.2. The topological polar surface area (TPSA) is 29.3 Å². The first-order chi connectivity index (χ1) is 8.36. The van der Waals surface area contributed by atoms with Gasteiger partial charge in [0.05, 0.1) is 0 Å². The van der Waals surface area contributed by atoms with Gasteiger partial charge >= 0.3 is 0 Å². The minimum absolute atomic E-state index is 0.306. The van der Waals surface area contributed by atoms with E-state index in [9.17, 15) is 0 Å². The zero-order chi connectivity index (χ0) is 13.9. The summed E-state index contributed by atoms with van der Waals surface area (Å²) in [4.78, 5) is 2.40. The molecule has 0 amide bonds. The summed E-state index contributed by atoms with van der Waals surface area (Å²) < 4.78 is 0. The average molecular weight is 248 g/mol. The van der Waals surface area contributed by atoms with Crippen molar-refractivity contribution in [1.82, 2.24) is 4.90 Å². The van der Waals surface area contributed by atoms with E-state index in [1.807, 2.05) is 0 Å². The Labute approximate surface area is 112 Å². The van der Waals surface area contributed by atoms with Crippen molar-refractivity contribution in [1.29, 1.82) is 0 Å². The van der Waals surface area contributed by atoms with Gasteiger partial charge in [-0.15, -0.1) is 0 Å². The van der Waals surface area contributed by atoms with Crippen molar-refractivity contribution in [3.05, 3.63) is 34.9 Å². The third-order valence-corrected chi connectivity index (χ3v) is 3.95. The van der Waals surface area contributed by atoms with Crippen LogP contribution in [0.15, 0.2) is 18.2 Å². The van der Waals surface area contributed by atoms with Crippen LogP contribution in [0.2, 0.25) is 0 Å². The highest BCUT2D eigenvalue weighted by Gasteiger charge is 2.22. The Balaban J connectivity index is 3.01. The summed E-state index contributed by atoms with van der Waals surface area (Å²) in [6, 6.07) is 7.56. The second-order valence-corrected chi connectivity index (χ2v) is 5.82. The van der Waals surface area contributed by atoms with E-state index in [2.05, 4.69) is 64.8 Å². The zero-order valence-electron chi connectivity index (χ0n) is 12.7. The van der Waals surface area contributed by atoms with Crippen LogP contribution in [-0.2, 0) is 0 Å². The lowest BCUT2D eigenvalue weighted by atomic mass is 9.97. The largest absolute Gasteiger partial charge is 0.329 e. The lowest BCUT2D eigenvalue weighted by Gasteiger charge is -2.35. The minimum atomic E-state index is 0.306. The molecule has 0 saturated carbocycles. The highest BCUT2D eigenvalue weighted by Crippen LogP contribution is 2.24. The van der Waals surface area contributed by atoms with Gasteiger partial charge < -0.3 is 5.73 Å². The summed E-state index contributed by atoms with van der Waals surface area (Å²) in [6.45, 7) is 11.8. The molecule has 0 aliphatic carbocycles. The fourth-order valence-electron chi connectivity index (χ4n) is 2.49. The Morgan fingerprint density at radius 3 is 1.94 bits per heavy atom. The molecule has 0 fully saturated rings. The van der Waals surface area contributed by atoms with E-state index in [0.717, 1.165) is 0 Å². The molecule has 102 valence electrons. The number of benzene rings is 1. The van der Waals surface area contributed by atoms with Gasteiger partial charge in [-0.2, -0.15) is 0 Å². The first-order valence-corrected chi connectivity index (χ1v) is 6.87. The van der Waals surface area contributed by atoms with Crippen LogP contribution in [0.4, 0.5) is 0 Å². The summed E-state index contributed by atoms with van der Waals surface area (Å²) in [5, 5.41) is 0. The van der Waals surface area contributed by atoms with Crippen molar-refractivity contribution in [3.8, 4) is 0 Å². The van der Waals surface area contributed by atoms with Gasteiger partial charge in [-0.3, -0.25) is 4.90 Å². The van der Waals surface area contributed by atoms with Crippen LogP contribution in [0.5, 0.6) is 0 Å². The van der Waals surface area contributed by atoms with E-state index in [4.69, 9.17) is 5.73 Å². The van der Waals surface area contributed by atoms with E-state index < -0.39 is 0 Å². The van der Waals surface area contributed by atoms with Gasteiger partial charge in [-0.05, 0) is 39.3 Å². The van der Waals surface area contributed by atoms with E-state index in [1.165, 1.54) is 16.7 Å². The molecule has 1 aromatic rings. The Morgan fingerprint density at radius 2 is 1.56 bits per heavy atom. The molecule has 2 heteroatoms. The van der Waals surface area contributed by atoms with Crippen molar-refractivity contribution in [2.75, 3.05) is 13.6 Å². The summed E-state index contributed by atoms with van der Waals surface area (Å²) >= 11 is 0. The average Bonchev–Trinajstić information content (AvgIpc) is 2.27. The maximum atomic E-state index is 6.00. The van der Waals surface area contributed by atoms with Gasteiger partial charge in [0.1, 0.15) is 0 Å². The molecule has 0 aromatic heterocycles. The van der Waals surface area contributed by atoms with Crippen molar-refractivity contribution in [3.63, 3.8) is 0 Å². The lowest BCUT2D eigenvalue weighted by molar-refractivity contribution is 0.152. The first kappa shape index (κ1) is 15.2. The number of likely N-dealkylation sites (N-methyl/N-ethyl adjacent to an activating group) is 1. The molecule has 0 saturated heterocycles. The van der Waals surface area contributed by atoms with Gasteiger partial charge in [0, 0.05) is 18.6 Å². The standard InChI is InChI=1S/C16H28N2/c1-11(2)14(5)18(6)16(10-17)15-8-12(3)7-13(4)9-15/h7-9,11,14,16H,10,17H2,1-6H3. The minimum Gasteiger partial charge on any atom is -0.329 e. The number of nitrogens with two attached hydrogens (primary N) is 1. The third-order valence-electron chi connectivity index (χ3n) is 3.95. The van der Waals surface area contributed by atoms with E-state index in [0.29, 0.717) is 24.5 Å². The lowest BCUT2D eigenvalue weighted by Crippen LogP contribution is -2.39. The number of rotatable bonds is 5. The quantitative estimate of drug-likeness (QED) is 0.866. The molecule has 0 aliphatic rings. The molecule has 1 rings (SSSR count). The van der Waals surface area contributed by atoms with Crippen LogP contribution in [0.1, 0.15) is 43.5 Å². The zero-order valence-corrected chi connectivity index (χ0v) is 12.7. The fourth-order valence-corrected chi connectivity index (χ4v) is 2.49. The molecule has 0 radical (unpaired) electrons. The van der Waals surface area contributed by atoms with E-state index in [-0.39, 0.29) is 0 Å². The van der Waals surface area contributed by atoms with Gasteiger partial charge in [0.2, 0.25) is 0 Å². The maximum absolute atomic E-state index is 6.00. The fraction of sp³-hybridized carbons (Fsp3) is 0.625. The number of aryl methyl sites for hydroxylation is 2. The predicted octanol–water partition coefficient (Wildman–Crippen LogP) is 3.28. The molecule has 2 unspecified atom stereocenters. The van der Waals surface area contributed by atoms with Crippen LogP contribution in [0.25, 0.3) is 0 Å². The number of hydrogen-bond donors (Lipinski definition) is 1. The molecule has 0 spiro atoms. The molecule has 2 N–H and O–H groups in total. The molecule has 0 aliphatic heterocycles. The Bertz CT molecular complexity index is 364. The first-order valence-electron chi connectivity index (χ1n) is 6.87. The van der Waals surface area contributed by atoms with E-state index in [1.54, 1.807) is 0 Å². The van der Waals surface area contributed by atoms with Crippen molar-refractivity contribution < 1.29 is 0 Å². The second kappa shape index (κ2) is 6.35. The van der Waals surface area contributed by atoms with Gasteiger partial charge in [0.15, 0.2) is 0 Å². The normalized spacial score (nSPS) is 15.2. The molecule has 0 heterocycles. The van der Waals surface area contributed by atoms with Gasteiger partial charge in [-0.25, -0.2) is 0 Å². The van der Waals surface area contributed by atoms with E-state index >= 15 is 0 Å². The molecule has 1 aromatic carbocycles.